The zero-order valence-electron chi connectivity index (χ0n) is 7.68. The van der Waals surface area contributed by atoms with E-state index < -0.39 is 0 Å². The average molecular weight is 186 g/mol. The molecule has 0 fully saturated rings. The Morgan fingerprint density at radius 1 is 1.21 bits per heavy atom. The summed E-state index contributed by atoms with van der Waals surface area (Å²) in [5, 5.41) is 4.45. The Bertz CT molecular complexity index is 426. The van der Waals surface area contributed by atoms with Gasteiger partial charge in [-0.15, -0.1) is 0 Å². The van der Waals surface area contributed by atoms with Crippen molar-refractivity contribution in [3.8, 4) is 17.1 Å². The van der Waals surface area contributed by atoms with E-state index in [1.54, 1.807) is 0 Å². The van der Waals surface area contributed by atoms with Gasteiger partial charge in [-0.05, 0) is 0 Å². The summed E-state index contributed by atoms with van der Waals surface area (Å²) in [6, 6.07) is 12.1. The normalized spacial score (nSPS) is 13.7. The highest BCUT2D eigenvalue weighted by molar-refractivity contribution is 5.60. The number of fused-ring (bicyclic) bond motifs is 1. The first-order valence-electron chi connectivity index (χ1n) is 4.69. The van der Waals surface area contributed by atoms with Gasteiger partial charge in [-0.2, -0.15) is 5.10 Å². The molecule has 1 aliphatic rings. The molecule has 0 aliphatic carbocycles. The SMILES string of the molecule is c1ccc(-c2cc3n(n2)CCO3)cc1. The molecule has 0 saturated heterocycles. The zero-order chi connectivity index (χ0) is 9.38. The molecular formula is C11H10N2O. The van der Waals surface area contributed by atoms with Crippen LogP contribution in [0, 0.1) is 0 Å². The summed E-state index contributed by atoms with van der Waals surface area (Å²) in [6.07, 6.45) is 0. The van der Waals surface area contributed by atoms with Crippen molar-refractivity contribution in [2.75, 3.05) is 6.61 Å². The number of hydrogen-bond acceptors (Lipinski definition) is 2. The molecule has 1 aromatic carbocycles. The fourth-order valence-electron chi connectivity index (χ4n) is 1.66. The predicted molar refractivity (Wildman–Crippen MR) is 53.2 cm³/mol. The lowest BCUT2D eigenvalue weighted by molar-refractivity contribution is 0.357. The fraction of sp³-hybridized carbons (Fsp3) is 0.182. The lowest BCUT2D eigenvalue weighted by Crippen LogP contribution is -1.95. The van der Waals surface area contributed by atoms with Crippen LogP contribution in [0.4, 0.5) is 0 Å². The molecule has 3 heteroatoms. The van der Waals surface area contributed by atoms with Crippen molar-refractivity contribution in [2.45, 2.75) is 6.54 Å². The minimum atomic E-state index is 0.747. The molecule has 3 rings (SSSR count). The molecule has 0 bridgehead atoms. The van der Waals surface area contributed by atoms with Crippen molar-refractivity contribution in [1.82, 2.24) is 9.78 Å². The van der Waals surface area contributed by atoms with Crippen molar-refractivity contribution in [3.63, 3.8) is 0 Å². The van der Waals surface area contributed by atoms with E-state index in [2.05, 4.69) is 17.2 Å². The van der Waals surface area contributed by atoms with E-state index in [1.807, 2.05) is 28.9 Å². The Labute approximate surface area is 81.9 Å². The van der Waals surface area contributed by atoms with E-state index in [0.717, 1.165) is 30.3 Å². The van der Waals surface area contributed by atoms with E-state index in [9.17, 15) is 0 Å². The molecule has 2 heterocycles. The smallest absolute Gasteiger partial charge is 0.212 e. The van der Waals surface area contributed by atoms with E-state index in [4.69, 9.17) is 4.74 Å². The molecule has 0 radical (unpaired) electrons. The second-order valence-electron chi connectivity index (χ2n) is 3.31. The maximum Gasteiger partial charge on any atom is 0.212 e. The van der Waals surface area contributed by atoms with Crippen LogP contribution in [0.1, 0.15) is 0 Å². The molecule has 0 spiro atoms. The van der Waals surface area contributed by atoms with Crippen molar-refractivity contribution in [3.05, 3.63) is 36.4 Å². The Kier molecular flexibility index (Phi) is 1.56. The molecule has 0 saturated carbocycles. The summed E-state index contributed by atoms with van der Waals surface area (Å²) >= 11 is 0. The number of hydrogen-bond donors (Lipinski definition) is 0. The van der Waals surface area contributed by atoms with Crippen molar-refractivity contribution >= 4 is 0 Å². The van der Waals surface area contributed by atoms with Gasteiger partial charge in [0, 0.05) is 11.6 Å². The summed E-state index contributed by atoms with van der Waals surface area (Å²) in [7, 11) is 0. The second kappa shape index (κ2) is 2.87. The molecule has 0 atom stereocenters. The van der Waals surface area contributed by atoms with Gasteiger partial charge in [0.2, 0.25) is 5.88 Å². The Hall–Kier alpha value is -1.77. The number of rotatable bonds is 1. The third-order valence-corrected chi connectivity index (χ3v) is 2.37. The maximum absolute atomic E-state index is 5.40. The predicted octanol–water partition coefficient (Wildman–Crippen LogP) is 1.94. The monoisotopic (exact) mass is 186 g/mol. The highest BCUT2D eigenvalue weighted by atomic mass is 16.5. The largest absolute Gasteiger partial charge is 0.476 e. The van der Waals surface area contributed by atoms with Crippen LogP contribution < -0.4 is 4.74 Å². The van der Waals surface area contributed by atoms with Gasteiger partial charge in [0.25, 0.3) is 0 Å². The lowest BCUT2D eigenvalue weighted by atomic mass is 10.2. The van der Waals surface area contributed by atoms with Gasteiger partial charge in [-0.25, -0.2) is 4.68 Å². The first-order valence-corrected chi connectivity index (χ1v) is 4.69. The van der Waals surface area contributed by atoms with Crippen LogP contribution in [0.25, 0.3) is 11.3 Å². The van der Waals surface area contributed by atoms with Gasteiger partial charge in [0.15, 0.2) is 0 Å². The summed E-state index contributed by atoms with van der Waals surface area (Å²) in [5.74, 6) is 0.879. The van der Waals surface area contributed by atoms with Crippen LogP contribution in [-0.4, -0.2) is 16.4 Å². The standard InChI is InChI=1S/C11H10N2O/c1-2-4-9(5-3-1)10-8-11-13(12-10)6-7-14-11/h1-5,8H,6-7H2. The Morgan fingerprint density at radius 2 is 2.07 bits per heavy atom. The lowest BCUT2D eigenvalue weighted by Gasteiger charge is -1.94. The van der Waals surface area contributed by atoms with Crippen LogP contribution in [0.2, 0.25) is 0 Å². The van der Waals surface area contributed by atoms with E-state index >= 15 is 0 Å². The van der Waals surface area contributed by atoms with Crippen molar-refractivity contribution < 1.29 is 4.74 Å². The first-order chi connectivity index (χ1) is 6.93. The van der Waals surface area contributed by atoms with Crippen LogP contribution in [0.15, 0.2) is 36.4 Å². The molecule has 1 aliphatic heterocycles. The molecule has 0 N–H and O–H groups in total. The number of ether oxygens (including phenoxy) is 1. The topological polar surface area (TPSA) is 27.1 Å². The van der Waals surface area contributed by atoms with Crippen LogP contribution in [0.3, 0.4) is 0 Å². The molecule has 2 aromatic rings. The van der Waals surface area contributed by atoms with Gasteiger partial charge < -0.3 is 4.74 Å². The minimum Gasteiger partial charge on any atom is -0.476 e. The van der Waals surface area contributed by atoms with Crippen molar-refractivity contribution in [2.24, 2.45) is 0 Å². The molecule has 70 valence electrons. The summed E-state index contributed by atoms with van der Waals surface area (Å²) in [4.78, 5) is 0. The van der Waals surface area contributed by atoms with Crippen LogP contribution >= 0.6 is 0 Å². The summed E-state index contributed by atoms with van der Waals surface area (Å²) in [6.45, 7) is 1.61. The molecule has 0 unspecified atom stereocenters. The zero-order valence-corrected chi connectivity index (χ0v) is 7.68. The Morgan fingerprint density at radius 3 is 2.86 bits per heavy atom. The maximum atomic E-state index is 5.40. The van der Waals surface area contributed by atoms with Gasteiger partial charge in [0.05, 0.1) is 12.2 Å². The molecular weight excluding hydrogens is 176 g/mol. The molecule has 3 nitrogen and oxygen atoms in total. The third-order valence-electron chi connectivity index (χ3n) is 2.37. The number of aromatic nitrogens is 2. The van der Waals surface area contributed by atoms with Crippen LogP contribution in [-0.2, 0) is 6.54 Å². The summed E-state index contributed by atoms with van der Waals surface area (Å²) < 4.78 is 7.31. The van der Waals surface area contributed by atoms with Gasteiger partial charge >= 0.3 is 0 Å². The summed E-state index contributed by atoms with van der Waals surface area (Å²) in [5.41, 5.74) is 2.12. The van der Waals surface area contributed by atoms with Gasteiger partial charge in [-0.1, -0.05) is 30.3 Å². The van der Waals surface area contributed by atoms with Crippen molar-refractivity contribution in [1.29, 1.82) is 0 Å². The fourth-order valence-corrected chi connectivity index (χ4v) is 1.66. The minimum absolute atomic E-state index is 0.747. The average Bonchev–Trinajstić information content (AvgIpc) is 2.78. The molecule has 14 heavy (non-hydrogen) atoms. The quantitative estimate of drug-likeness (QED) is 0.680. The third kappa shape index (κ3) is 1.09. The van der Waals surface area contributed by atoms with Crippen LogP contribution in [0.5, 0.6) is 5.88 Å². The van der Waals surface area contributed by atoms with Gasteiger partial charge in [-0.3, -0.25) is 0 Å². The number of benzene rings is 1. The highest BCUT2D eigenvalue weighted by Crippen LogP contribution is 2.25. The molecule has 0 amide bonds. The van der Waals surface area contributed by atoms with E-state index in [1.165, 1.54) is 0 Å². The Balaban J connectivity index is 2.06. The van der Waals surface area contributed by atoms with E-state index in [-0.39, 0.29) is 0 Å². The van der Waals surface area contributed by atoms with E-state index in [0.29, 0.717) is 0 Å². The first kappa shape index (κ1) is 7.62. The number of nitrogens with zero attached hydrogens (tertiary/aromatic N) is 2. The highest BCUT2D eigenvalue weighted by Gasteiger charge is 2.14. The second-order valence-corrected chi connectivity index (χ2v) is 3.31. The van der Waals surface area contributed by atoms with Gasteiger partial charge in [0.1, 0.15) is 6.61 Å². The molecule has 1 aromatic heterocycles.